The Labute approximate surface area is 82.8 Å². The Morgan fingerprint density at radius 1 is 1.43 bits per heavy atom. The molecule has 0 fully saturated rings. The van der Waals surface area contributed by atoms with Gasteiger partial charge in [-0.05, 0) is 13.1 Å². The van der Waals surface area contributed by atoms with E-state index < -0.39 is 0 Å². The molecule has 78 valence electrons. The SMILES string of the molecule is CNCc1cccc(F)c1OCOC. The number of hydrogen-bond donors (Lipinski definition) is 1. The molecule has 0 radical (unpaired) electrons. The second-order valence-electron chi connectivity index (χ2n) is 2.81. The Balaban J connectivity index is 2.84. The molecule has 0 unspecified atom stereocenters. The molecule has 1 rings (SSSR count). The average Bonchev–Trinajstić information content (AvgIpc) is 2.18. The fourth-order valence-electron chi connectivity index (χ4n) is 1.16. The molecule has 0 atom stereocenters. The topological polar surface area (TPSA) is 30.5 Å². The molecular formula is C10H14FNO2. The van der Waals surface area contributed by atoms with Crippen molar-refractivity contribution in [1.82, 2.24) is 5.32 Å². The zero-order chi connectivity index (χ0) is 10.4. The summed E-state index contributed by atoms with van der Waals surface area (Å²) in [6.07, 6.45) is 0. The van der Waals surface area contributed by atoms with Gasteiger partial charge < -0.3 is 14.8 Å². The van der Waals surface area contributed by atoms with Gasteiger partial charge in [-0.1, -0.05) is 12.1 Å². The van der Waals surface area contributed by atoms with Gasteiger partial charge in [-0.2, -0.15) is 0 Å². The van der Waals surface area contributed by atoms with Crippen LogP contribution in [0, 0.1) is 5.82 Å². The molecule has 1 aromatic carbocycles. The molecule has 0 aromatic heterocycles. The van der Waals surface area contributed by atoms with Crippen molar-refractivity contribution in [3.8, 4) is 5.75 Å². The highest BCUT2D eigenvalue weighted by molar-refractivity contribution is 5.34. The monoisotopic (exact) mass is 199 g/mol. The summed E-state index contributed by atoms with van der Waals surface area (Å²) in [6, 6.07) is 4.83. The molecule has 0 saturated carbocycles. The minimum Gasteiger partial charge on any atom is -0.464 e. The van der Waals surface area contributed by atoms with E-state index in [-0.39, 0.29) is 18.4 Å². The average molecular weight is 199 g/mol. The van der Waals surface area contributed by atoms with Crippen molar-refractivity contribution >= 4 is 0 Å². The van der Waals surface area contributed by atoms with Crippen molar-refractivity contribution < 1.29 is 13.9 Å². The van der Waals surface area contributed by atoms with Crippen LogP contribution in [0.4, 0.5) is 4.39 Å². The molecule has 0 saturated heterocycles. The summed E-state index contributed by atoms with van der Waals surface area (Å²) < 4.78 is 23.1. The minimum absolute atomic E-state index is 0.0532. The maximum Gasteiger partial charge on any atom is 0.188 e. The first-order chi connectivity index (χ1) is 6.79. The molecule has 0 spiro atoms. The number of hydrogen-bond acceptors (Lipinski definition) is 3. The zero-order valence-corrected chi connectivity index (χ0v) is 8.34. The first kappa shape index (κ1) is 10.9. The summed E-state index contributed by atoms with van der Waals surface area (Å²) in [6.45, 7) is 0.619. The largest absolute Gasteiger partial charge is 0.464 e. The lowest BCUT2D eigenvalue weighted by atomic mass is 10.2. The third-order valence-electron chi connectivity index (χ3n) is 1.74. The van der Waals surface area contributed by atoms with Gasteiger partial charge in [0.2, 0.25) is 0 Å². The van der Waals surface area contributed by atoms with Crippen LogP contribution in [0.2, 0.25) is 0 Å². The number of methoxy groups -OCH3 is 1. The smallest absolute Gasteiger partial charge is 0.188 e. The van der Waals surface area contributed by atoms with Crippen LogP contribution in [0.5, 0.6) is 5.75 Å². The van der Waals surface area contributed by atoms with Gasteiger partial charge in [-0.15, -0.1) is 0 Å². The van der Waals surface area contributed by atoms with Gasteiger partial charge in [0.05, 0.1) is 0 Å². The van der Waals surface area contributed by atoms with E-state index in [1.807, 2.05) is 6.07 Å². The summed E-state index contributed by atoms with van der Waals surface area (Å²) in [7, 11) is 3.30. The van der Waals surface area contributed by atoms with Crippen LogP contribution in [0.3, 0.4) is 0 Å². The molecule has 0 aliphatic carbocycles. The lowest BCUT2D eigenvalue weighted by Crippen LogP contribution is -2.09. The van der Waals surface area contributed by atoms with E-state index in [1.54, 1.807) is 13.1 Å². The maximum atomic E-state index is 13.3. The molecular weight excluding hydrogens is 185 g/mol. The summed E-state index contributed by atoms with van der Waals surface area (Å²) in [5.74, 6) is -0.112. The van der Waals surface area contributed by atoms with Gasteiger partial charge in [0, 0.05) is 19.2 Å². The number of nitrogens with one attached hydrogen (secondary N) is 1. The standard InChI is InChI=1S/C10H14FNO2/c1-12-6-8-4-3-5-9(11)10(8)14-7-13-2/h3-5,12H,6-7H2,1-2H3. The van der Waals surface area contributed by atoms with Gasteiger partial charge in [-0.25, -0.2) is 4.39 Å². The van der Waals surface area contributed by atoms with Crippen molar-refractivity contribution in [2.75, 3.05) is 21.0 Å². The Morgan fingerprint density at radius 2 is 2.21 bits per heavy atom. The van der Waals surface area contributed by atoms with E-state index in [2.05, 4.69) is 5.32 Å². The van der Waals surface area contributed by atoms with Crippen LogP contribution >= 0.6 is 0 Å². The third kappa shape index (κ3) is 2.68. The minimum atomic E-state index is -0.366. The third-order valence-corrected chi connectivity index (χ3v) is 1.74. The van der Waals surface area contributed by atoms with Gasteiger partial charge in [0.15, 0.2) is 18.4 Å². The van der Waals surface area contributed by atoms with E-state index in [0.29, 0.717) is 6.54 Å². The van der Waals surface area contributed by atoms with E-state index in [4.69, 9.17) is 9.47 Å². The summed E-state index contributed by atoms with van der Waals surface area (Å²) in [4.78, 5) is 0. The summed E-state index contributed by atoms with van der Waals surface area (Å²) >= 11 is 0. The van der Waals surface area contributed by atoms with Gasteiger partial charge >= 0.3 is 0 Å². The first-order valence-corrected chi connectivity index (χ1v) is 4.33. The molecule has 1 aromatic rings. The van der Waals surface area contributed by atoms with Gasteiger partial charge in [-0.3, -0.25) is 0 Å². The van der Waals surface area contributed by atoms with Crippen LogP contribution in [-0.2, 0) is 11.3 Å². The van der Waals surface area contributed by atoms with Crippen LogP contribution in [0.1, 0.15) is 5.56 Å². The fraction of sp³-hybridized carbons (Fsp3) is 0.400. The van der Waals surface area contributed by atoms with Crippen molar-refractivity contribution in [2.24, 2.45) is 0 Å². The number of ether oxygens (including phenoxy) is 2. The molecule has 0 aliphatic heterocycles. The molecule has 1 N–H and O–H groups in total. The summed E-state index contributed by atoms with van der Waals surface area (Å²) in [5, 5.41) is 2.94. The molecule has 0 aliphatic rings. The molecule has 0 bridgehead atoms. The maximum absolute atomic E-state index is 13.3. The van der Waals surface area contributed by atoms with Crippen LogP contribution in [-0.4, -0.2) is 21.0 Å². The van der Waals surface area contributed by atoms with Crippen molar-refractivity contribution in [3.63, 3.8) is 0 Å². The Morgan fingerprint density at radius 3 is 2.86 bits per heavy atom. The molecule has 4 heteroatoms. The van der Waals surface area contributed by atoms with Crippen molar-refractivity contribution in [2.45, 2.75) is 6.54 Å². The highest BCUT2D eigenvalue weighted by atomic mass is 19.1. The van der Waals surface area contributed by atoms with Crippen molar-refractivity contribution in [3.05, 3.63) is 29.6 Å². The van der Waals surface area contributed by atoms with Gasteiger partial charge in [0.1, 0.15) is 0 Å². The van der Waals surface area contributed by atoms with Crippen molar-refractivity contribution in [1.29, 1.82) is 0 Å². The van der Waals surface area contributed by atoms with E-state index >= 15 is 0 Å². The molecule has 3 nitrogen and oxygen atoms in total. The lowest BCUT2D eigenvalue weighted by Gasteiger charge is -2.10. The predicted molar refractivity (Wildman–Crippen MR) is 51.7 cm³/mol. The quantitative estimate of drug-likeness (QED) is 0.729. The van der Waals surface area contributed by atoms with Crippen LogP contribution < -0.4 is 10.1 Å². The fourth-order valence-corrected chi connectivity index (χ4v) is 1.16. The van der Waals surface area contributed by atoms with Crippen LogP contribution in [0.25, 0.3) is 0 Å². The number of para-hydroxylation sites is 1. The first-order valence-electron chi connectivity index (χ1n) is 4.33. The second-order valence-corrected chi connectivity index (χ2v) is 2.81. The molecule has 0 heterocycles. The predicted octanol–water partition coefficient (Wildman–Crippen LogP) is 1.53. The Kier molecular flexibility index (Phi) is 4.35. The summed E-state index contributed by atoms with van der Waals surface area (Å²) in [5.41, 5.74) is 0.782. The number of halogens is 1. The Hall–Kier alpha value is -1.13. The zero-order valence-electron chi connectivity index (χ0n) is 8.34. The molecule has 14 heavy (non-hydrogen) atoms. The highest BCUT2D eigenvalue weighted by Crippen LogP contribution is 2.22. The van der Waals surface area contributed by atoms with E-state index in [1.165, 1.54) is 13.2 Å². The number of benzene rings is 1. The lowest BCUT2D eigenvalue weighted by molar-refractivity contribution is 0.0475. The van der Waals surface area contributed by atoms with E-state index in [0.717, 1.165) is 5.56 Å². The normalized spacial score (nSPS) is 10.2. The Bertz CT molecular complexity index is 291. The van der Waals surface area contributed by atoms with E-state index in [9.17, 15) is 4.39 Å². The number of rotatable bonds is 5. The van der Waals surface area contributed by atoms with Crippen LogP contribution in [0.15, 0.2) is 18.2 Å². The second kappa shape index (κ2) is 5.57. The highest BCUT2D eigenvalue weighted by Gasteiger charge is 2.08. The molecule has 0 amide bonds. The van der Waals surface area contributed by atoms with Gasteiger partial charge in [0.25, 0.3) is 0 Å².